The fourth-order valence-corrected chi connectivity index (χ4v) is 4.36. The van der Waals surface area contributed by atoms with Crippen LogP contribution in [-0.4, -0.2) is 42.0 Å². The molecular weight excluding hydrogens is 458 g/mol. The second-order valence-corrected chi connectivity index (χ2v) is 9.00. The van der Waals surface area contributed by atoms with Gasteiger partial charge in [-0.25, -0.2) is 8.42 Å². The van der Waals surface area contributed by atoms with Crippen molar-refractivity contribution in [3.05, 3.63) is 65.2 Å². The number of hydrogen-bond donors (Lipinski definition) is 2. The van der Waals surface area contributed by atoms with E-state index in [1.807, 2.05) is 6.92 Å². The van der Waals surface area contributed by atoms with Crippen molar-refractivity contribution in [3.63, 3.8) is 0 Å². The number of ether oxygens (including phenoxy) is 4. The maximum Gasteiger partial charge on any atom is 0.261 e. The molecule has 8 nitrogen and oxygen atoms in total. The number of hydrogen-bond acceptors (Lipinski definition) is 7. The third-order valence-corrected chi connectivity index (χ3v) is 6.45. The smallest absolute Gasteiger partial charge is 0.261 e. The minimum atomic E-state index is -3.88. The van der Waals surface area contributed by atoms with Gasteiger partial charge in [-0.3, -0.25) is 4.72 Å². The SMILES string of the molecule is COc1cc(NS(=O)(=O)c2ccc(C)cc2)c(/C=C\c2cc(OC)c(OC)c(OC)c2)cc1O. The van der Waals surface area contributed by atoms with Gasteiger partial charge >= 0.3 is 0 Å². The highest BCUT2D eigenvalue weighted by Gasteiger charge is 2.18. The molecular formula is C25H27NO7S. The Morgan fingerprint density at radius 3 is 1.91 bits per heavy atom. The first-order valence-corrected chi connectivity index (χ1v) is 11.7. The summed E-state index contributed by atoms with van der Waals surface area (Å²) in [7, 11) is 2.06. The molecule has 2 N–H and O–H groups in total. The Bertz CT molecular complexity index is 1270. The summed E-state index contributed by atoms with van der Waals surface area (Å²) in [5.41, 5.74) is 2.30. The van der Waals surface area contributed by atoms with E-state index >= 15 is 0 Å². The number of phenolic OH excluding ortho intramolecular Hbond substituents is 1. The Hall–Kier alpha value is -3.85. The van der Waals surface area contributed by atoms with Crippen LogP contribution in [0, 0.1) is 6.92 Å². The van der Waals surface area contributed by atoms with Crippen LogP contribution < -0.4 is 23.7 Å². The highest BCUT2D eigenvalue weighted by molar-refractivity contribution is 7.92. The van der Waals surface area contributed by atoms with Gasteiger partial charge in [0, 0.05) is 11.6 Å². The molecule has 0 aliphatic rings. The Labute approximate surface area is 199 Å². The number of aryl methyl sites for hydroxylation is 1. The summed E-state index contributed by atoms with van der Waals surface area (Å²) in [5.74, 6) is 1.39. The van der Waals surface area contributed by atoms with E-state index in [9.17, 15) is 13.5 Å². The lowest BCUT2D eigenvalue weighted by atomic mass is 10.1. The largest absolute Gasteiger partial charge is 0.504 e. The number of methoxy groups -OCH3 is 4. The summed E-state index contributed by atoms with van der Waals surface area (Å²) in [5, 5.41) is 10.3. The summed E-state index contributed by atoms with van der Waals surface area (Å²) in [6, 6.07) is 12.8. The number of sulfonamides is 1. The van der Waals surface area contributed by atoms with Gasteiger partial charge in [0.2, 0.25) is 5.75 Å². The van der Waals surface area contributed by atoms with Crippen molar-refractivity contribution in [3.8, 4) is 28.7 Å². The van der Waals surface area contributed by atoms with Crippen molar-refractivity contribution < 1.29 is 32.5 Å². The second-order valence-electron chi connectivity index (χ2n) is 7.32. The van der Waals surface area contributed by atoms with E-state index in [0.717, 1.165) is 5.56 Å². The fraction of sp³-hybridized carbons (Fsp3) is 0.200. The van der Waals surface area contributed by atoms with Gasteiger partial charge in [-0.05, 0) is 42.8 Å². The van der Waals surface area contributed by atoms with Crippen LogP contribution in [-0.2, 0) is 10.0 Å². The molecule has 0 saturated carbocycles. The normalized spacial score (nSPS) is 11.3. The zero-order valence-corrected chi connectivity index (χ0v) is 20.4. The molecule has 0 radical (unpaired) electrons. The zero-order chi connectivity index (χ0) is 24.9. The number of nitrogens with one attached hydrogen (secondary N) is 1. The van der Waals surface area contributed by atoms with Crippen LogP contribution >= 0.6 is 0 Å². The van der Waals surface area contributed by atoms with E-state index in [0.29, 0.717) is 28.4 Å². The van der Waals surface area contributed by atoms with Gasteiger partial charge in [0.05, 0.1) is 39.0 Å². The Morgan fingerprint density at radius 2 is 1.38 bits per heavy atom. The van der Waals surface area contributed by atoms with Gasteiger partial charge in [0.15, 0.2) is 23.0 Å². The number of anilines is 1. The molecule has 3 aromatic carbocycles. The summed E-state index contributed by atoms with van der Waals surface area (Å²) in [6.07, 6.45) is 3.39. The first-order valence-electron chi connectivity index (χ1n) is 10.2. The van der Waals surface area contributed by atoms with Gasteiger partial charge in [0.25, 0.3) is 10.0 Å². The minimum absolute atomic E-state index is 0.115. The molecule has 0 unspecified atom stereocenters. The highest BCUT2D eigenvalue weighted by Crippen LogP contribution is 2.39. The van der Waals surface area contributed by atoms with Crippen LogP contribution in [0.1, 0.15) is 16.7 Å². The number of phenols is 1. The van der Waals surface area contributed by atoms with E-state index in [1.54, 1.807) is 36.4 Å². The molecule has 180 valence electrons. The predicted octanol–water partition coefficient (Wildman–Crippen LogP) is 4.71. The van der Waals surface area contributed by atoms with Gasteiger partial charge < -0.3 is 24.1 Å². The zero-order valence-electron chi connectivity index (χ0n) is 19.6. The van der Waals surface area contributed by atoms with Crippen LogP contribution in [0.2, 0.25) is 0 Å². The van der Waals surface area contributed by atoms with Crippen LogP contribution in [0.25, 0.3) is 12.2 Å². The van der Waals surface area contributed by atoms with Crippen molar-refractivity contribution in [2.24, 2.45) is 0 Å². The molecule has 0 aromatic heterocycles. The first kappa shape index (κ1) is 24.8. The topological polar surface area (TPSA) is 103 Å². The van der Waals surface area contributed by atoms with Gasteiger partial charge in [-0.15, -0.1) is 0 Å². The van der Waals surface area contributed by atoms with E-state index in [1.165, 1.54) is 52.7 Å². The maximum atomic E-state index is 13.0. The lowest BCUT2D eigenvalue weighted by Crippen LogP contribution is -2.13. The summed E-state index contributed by atoms with van der Waals surface area (Å²) >= 11 is 0. The average molecular weight is 486 g/mol. The van der Waals surface area contributed by atoms with Crippen molar-refractivity contribution in [1.29, 1.82) is 0 Å². The predicted molar refractivity (Wildman–Crippen MR) is 132 cm³/mol. The molecule has 0 atom stereocenters. The third-order valence-electron chi connectivity index (χ3n) is 5.07. The quantitative estimate of drug-likeness (QED) is 0.334. The number of benzene rings is 3. The van der Waals surface area contributed by atoms with Crippen LogP contribution in [0.3, 0.4) is 0 Å². The van der Waals surface area contributed by atoms with E-state index in [4.69, 9.17) is 18.9 Å². The second kappa shape index (κ2) is 10.4. The molecule has 0 aliphatic heterocycles. The Balaban J connectivity index is 2.04. The van der Waals surface area contributed by atoms with E-state index < -0.39 is 10.0 Å². The monoisotopic (exact) mass is 485 g/mol. The number of rotatable bonds is 9. The molecule has 3 rings (SSSR count). The first-order chi connectivity index (χ1) is 16.2. The highest BCUT2D eigenvalue weighted by atomic mass is 32.2. The minimum Gasteiger partial charge on any atom is -0.504 e. The Kier molecular flexibility index (Phi) is 7.57. The van der Waals surface area contributed by atoms with Crippen molar-refractivity contribution in [2.75, 3.05) is 33.2 Å². The molecule has 0 aliphatic carbocycles. The summed E-state index contributed by atoms with van der Waals surface area (Å²) in [4.78, 5) is 0.115. The summed E-state index contributed by atoms with van der Waals surface area (Å²) in [6.45, 7) is 1.88. The third kappa shape index (κ3) is 5.37. The average Bonchev–Trinajstić information content (AvgIpc) is 2.83. The van der Waals surface area contributed by atoms with E-state index in [2.05, 4.69) is 4.72 Å². The Morgan fingerprint density at radius 1 is 0.794 bits per heavy atom. The van der Waals surface area contributed by atoms with Crippen molar-refractivity contribution >= 4 is 27.9 Å². The van der Waals surface area contributed by atoms with Crippen LogP contribution in [0.4, 0.5) is 5.69 Å². The lowest BCUT2D eigenvalue weighted by molar-refractivity contribution is 0.324. The molecule has 9 heteroatoms. The van der Waals surface area contributed by atoms with Gasteiger partial charge in [-0.2, -0.15) is 0 Å². The summed E-state index contributed by atoms with van der Waals surface area (Å²) < 4.78 is 49.8. The van der Waals surface area contributed by atoms with E-state index in [-0.39, 0.29) is 22.1 Å². The van der Waals surface area contributed by atoms with Gasteiger partial charge in [-0.1, -0.05) is 29.8 Å². The van der Waals surface area contributed by atoms with Crippen molar-refractivity contribution in [1.82, 2.24) is 0 Å². The molecule has 0 saturated heterocycles. The molecule has 34 heavy (non-hydrogen) atoms. The lowest BCUT2D eigenvalue weighted by Gasteiger charge is -2.14. The molecule has 0 fully saturated rings. The molecule has 0 spiro atoms. The maximum absolute atomic E-state index is 13.0. The number of aromatic hydroxyl groups is 1. The van der Waals surface area contributed by atoms with Crippen LogP contribution in [0.15, 0.2) is 53.4 Å². The molecule has 3 aromatic rings. The van der Waals surface area contributed by atoms with Crippen molar-refractivity contribution in [2.45, 2.75) is 11.8 Å². The molecule has 0 amide bonds. The fourth-order valence-electron chi connectivity index (χ4n) is 3.28. The molecule has 0 bridgehead atoms. The van der Waals surface area contributed by atoms with Crippen LogP contribution in [0.5, 0.6) is 28.7 Å². The standard InChI is InChI=1S/C25H27NO7S/c1-16-6-10-19(11-7-16)34(28,29)26-20-15-22(30-2)21(27)14-18(20)9-8-17-12-23(31-3)25(33-5)24(13-17)32-4/h6-15,26-27H,1-5H3/b9-8-. The van der Waals surface area contributed by atoms with Gasteiger partial charge in [0.1, 0.15) is 0 Å². The molecule has 0 heterocycles.